The maximum absolute atomic E-state index is 12.9. The Hall–Kier alpha value is -3.75. The summed E-state index contributed by atoms with van der Waals surface area (Å²) in [7, 11) is 2.22. The molecule has 2 saturated carbocycles. The van der Waals surface area contributed by atoms with Crippen LogP contribution in [0, 0.1) is 5.92 Å². The summed E-state index contributed by atoms with van der Waals surface area (Å²) in [6.45, 7) is 4.68. The minimum absolute atomic E-state index is 0.0342. The maximum Gasteiger partial charge on any atom is 0.228 e. The molecule has 1 amide bonds. The van der Waals surface area contributed by atoms with Crippen molar-refractivity contribution in [3.05, 3.63) is 78.1 Å². The molecule has 3 aliphatic rings. The minimum Gasteiger partial charge on any atom is -0.382 e. The van der Waals surface area contributed by atoms with Crippen molar-refractivity contribution in [1.29, 1.82) is 0 Å². The van der Waals surface area contributed by atoms with Gasteiger partial charge < -0.3 is 16.0 Å². The fourth-order valence-electron chi connectivity index (χ4n) is 6.98. The molecule has 3 fully saturated rings. The third-order valence-electron chi connectivity index (χ3n) is 9.52. The lowest BCUT2D eigenvalue weighted by atomic mass is 9.82. The van der Waals surface area contributed by atoms with Gasteiger partial charge >= 0.3 is 0 Å². The average Bonchev–Trinajstić information content (AvgIpc) is 3.72. The Kier molecular flexibility index (Phi) is 6.96. The summed E-state index contributed by atoms with van der Waals surface area (Å²) < 4.78 is 1.94. The number of aromatic nitrogens is 3. The zero-order valence-electron chi connectivity index (χ0n) is 23.7. The number of anilines is 2. The van der Waals surface area contributed by atoms with Crippen LogP contribution in [-0.2, 0) is 4.79 Å². The molecule has 0 bridgehead atoms. The molecule has 8 heteroatoms. The van der Waals surface area contributed by atoms with E-state index in [1.807, 2.05) is 47.1 Å². The van der Waals surface area contributed by atoms with Gasteiger partial charge in [0.05, 0.1) is 11.4 Å². The van der Waals surface area contributed by atoms with Crippen molar-refractivity contribution in [2.45, 2.75) is 50.0 Å². The predicted octanol–water partition coefficient (Wildman–Crippen LogP) is 5.02. The Morgan fingerprint density at radius 1 is 0.927 bits per heavy atom. The second kappa shape index (κ2) is 10.9. The van der Waals surface area contributed by atoms with Crippen molar-refractivity contribution in [3.63, 3.8) is 0 Å². The summed E-state index contributed by atoms with van der Waals surface area (Å²) >= 11 is 0. The van der Waals surface area contributed by atoms with E-state index in [0.717, 1.165) is 47.2 Å². The Balaban J connectivity index is 1.06. The number of rotatable bonds is 6. The Bertz CT molecular complexity index is 1520. The number of nitrogens with two attached hydrogens (primary N) is 1. The van der Waals surface area contributed by atoms with E-state index in [1.54, 1.807) is 6.20 Å². The lowest BCUT2D eigenvalue weighted by molar-refractivity contribution is -0.117. The van der Waals surface area contributed by atoms with E-state index in [-0.39, 0.29) is 11.8 Å². The van der Waals surface area contributed by atoms with E-state index in [1.165, 1.54) is 44.6 Å². The standard InChI is InChI=1S/C33H39N7O/c1-38-17-19-39(20-18-38)25-11-7-23(8-12-25)30-27-15-16-35-32(34)31(27)40(37-30)26-13-9-24(10-14-26)36-33(41)29-21-28(29)22-5-3-2-4-6-22/h2-6,9-10,13-16,23,25,28-29H,7-8,11-12,17-21H2,1H3,(H2,34,35)(H,36,41)/t23?,25?,28-,29+/m0/s1. The predicted molar refractivity (Wildman–Crippen MR) is 163 cm³/mol. The number of nitrogens with zero attached hydrogens (tertiary/aromatic N) is 5. The Morgan fingerprint density at radius 2 is 1.66 bits per heavy atom. The summed E-state index contributed by atoms with van der Waals surface area (Å²) in [5.41, 5.74) is 11.4. The highest BCUT2D eigenvalue weighted by molar-refractivity contribution is 5.95. The first-order valence-corrected chi connectivity index (χ1v) is 15.1. The quantitative estimate of drug-likeness (QED) is 0.351. The lowest BCUT2D eigenvalue weighted by Gasteiger charge is -2.41. The fourth-order valence-corrected chi connectivity index (χ4v) is 6.98. The zero-order valence-corrected chi connectivity index (χ0v) is 23.7. The number of piperazine rings is 1. The molecule has 1 saturated heterocycles. The smallest absolute Gasteiger partial charge is 0.228 e. The number of nitrogens with one attached hydrogen (secondary N) is 1. The SMILES string of the molecule is CN1CCN(C2CCC(c3nn(-c4ccc(NC(=O)[C@@H]5C[C@H]5c5ccccc5)cc4)c4c(N)nccc34)CC2)CC1. The van der Waals surface area contributed by atoms with Crippen LogP contribution in [0.25, 0.3) is 16.6 Å². The van der Waals surface area contributed by atoms with Crippen LogP contribution in [0.3, 0.4) is 0 Å². The van der Waals surface area contributed by atoms with Gasteiger partial charge in [-0.05, 0) is 81.0 Å². The second-order valence-electron chi connectivity index (χ2n) is 12.1. The highest BCUT2D eigenvalue weighted by atomic mass is 16.2. The van der Waals surface area contributed by atoms with Crippen molar-refractivity contribution in [1.82, 2.24) is 24.6 Å². The van der Waals surface area contributed by atoms with E-state index in [0.29, 0.717) is 23.7 Å². The first kappa shape index (κ1) is 26.2. The van der Waals surface area contributed by atoms with Gasteiger partial charge in [0.1, 0.15) is 11.3 Å². The molecular formula is C33H39N7O. The van der Waals surface area contributed by atoms with E-state index < -0.39 is 0 Å². The number of carbonyl (C=O) groups excluding carboxylic acids is 1. The molecule has 8 nitrogen and oxygen atoms in total. The molecule has 3 heterocycles. The molecule has 1 aliphatic heterocycles. The Morgan fingerprint density at radius 3 is 2.39 bits per heavy atom. The van der Waals surface area contributed by atoms with Gasteiger partial charge in [0.2, 0.25) is 5.91 Å². The van der Waals surface area contributed by atoms with Gasteiger partial charge in [-0.3, -0.25) is 9.69 Å². The summed E-state index contributed by atoms with van der Waals surface area (Å²) in [6, 6.07) is 21.0. The van der Waals surface area contributed by atoms with Gasteiger partial charge in [-0.15, -0.1) is 0 Å². The van der Waals surface area contributed by atoms with Crippen molar-refractivity contribution in [2.75, 3.05) is 44.3 Å². The molecule has 0 radical (unpaired) electrons. The largest absolute Gasteiger partial charge is 0.382 e. The number of likely N-dealkylation sites (N-methyl/N-ethyl adjacent to an activating group) is 1. The molecule has 3 N–H and O–H groups in total. The van der Waals surface area contributed by atoms with Crippen LogP contribution in [0.5, 0.6) is 0 Å². The number of benzene rings is 2. The number of hydrogen-bond donors (Lipinski definition) is 2. The van der Waals surface area contributed by atoms with Crippen LogP contribution >= 0.6 is 0 Å². The third kappa shape index (κ3) is 5.22. The number of pyridine rings is 1. The monoisotopic (exact) mass is 549 g/mol. The topological polar surface area (TPSA) is 92.3 Å². The maximum atomic E-state index is 12.9. The molecule has 2 atom stereocenters. The molecule has 41 heavy (non-hydrogen) atoms. The highest BCUT2D eigenvalue weighted by Gasteiger charge is 2.43. The zero-order chi connectivity index (χ0) is 27.9. The molecule has 0 spiro atoms. The van der Waals surface area contributed by atoms with Gasteiger partial charge in [0.15, 0.2) is 0 Å². The molecule has 2 aromatic carbocycles. The average molecular weight is 550 g/mol. The van der Waals surface area contributed by atoms with Crippen LogP contribution in [0.15, 0.2) is 66.9 Å². The van der Waals surface area contributed by atoms with Gasteiger partial charge in [-0.2, -0.15) is 5.10 Å². The summed E-state index contributed by atoms with van der Waals surface area (Å²) in [4.78, 5) is 22.4. The van der Waals surface area contributed by atoms with Crippen LogP contribution in [0.2, 0.25) is 0 Å². The normalized spacial score (nSPS) is 25.3. The van der Waals surface area contributed by atoms with E-state index in [2.05, 4.69) is 45.3 Å². The molecule has 7 rings (SSSR count). The van der Waals surface area contributed by atoms with Gasteiger partial charge in [0, 0.05) is 61.3 Å². The van der Waals surface area contributed by atoms with Crippen LogP contribution in [0.1, 0.15) is 55.2 Å². The molecule has 2 aromatic heterocycles. The van der Waals surface area contributed by atoms with Gasteiger partial charge in [-0.25, -0.2) is 9.67 Å². The van der Waals surface area contributed by atoms with Crippen LogP contribution in [-0.4, -0.2) is 69.7 Å². The van der Waals surface area contributed by atoms with E-state index in [4.69, 9.17) is 10.8 Å². The first-order valence-electron chi connectivity index (χ1n) is 15.1. The molecule has 0 unspecified atom stereocenters. The minimum atomic E-state index is 0.0342. The molecule has 212 valence electrons. The van der Waals surface area contributed by atoms with E-state index >= 15 is 0 Å². The van der Waals surface area contributed by atoms with Crippen molar-refractivity contribution < 1.29 is 4.79 Å². The number of amides is 1. The molecule has 2 aliphatic carbocycles. The van der Waals surface area contributed by atoms with Gasteiger partial charge in [0.25, 0.3) is 0 Å². The molecular weight excluding hydrogens is 510 g/mol. The van der Waals surface area contributed by atoms with E-state index in [9.17, 15) is 4.79 Å². The number of hydrogen-bond acceptors (Lipinski definition) is 6. The van der Waals surface area contributed by atoms with Crippen LogP contribution in [0.4, 0.5) is 11.5 Å². The van der Waals surface area contributed by atoms with Crippen molar-refractivity contribution in [2.24, 2.45) is 5.92 Å². The number of carbonyl (C=O) groups is 1. The van der Waals surface area contributed by atoms with Gasteiger partial charge in [-0.1, -0.05) is 30.3 Å². The Labute approximate surface area is 241 Å². The van der Waals surface area contributed by atoms with Crippen molar-refractivity contribution in [3.8, 4) is 5.69 Å². The second-order valence-corrected chi connectivity index (χ2v) is 12.1. The first-order chi connectivity index (χ1) is 20.0. The fraction of sp³-hybridized carbons (Fsp3) is 0.424. The summed E-state index contributed by atoms with van der Waals surface area (Å²) in [5, 5.41) is 9.36. The summed E-state index contributed by atoms with van der Waals surface area (Å²) in [5.74, 6) is 1.34. The summed E-state index contributed by atoms with van der Waals surface area (Å²) in [6.07, 6.45) is 7.40. The lowest BCUT2D eigenvalue weighted by Crippen LogP contribution is -2.49. The third-order valence-corrected chi connectivity index (χ3v) is 9.52. The number of fused-ring (bicyclic) bond motifs is 1. The number of nitrogen functional groups attached to an aromatic ring is 1. The molecule has 4 aromatic rings. The van der Waals surface area contributed by atoms with Crippen LogP contribution < -0.4 is 11.1 Å². The van der Waals surface area contributed by atoms with Crippen molar-refractivity contribution >= 4 is 28.3 Å². The highest BCUT2D eigenvalue weighted by Crippen LogP contribution is 2.48.